The fourth-order valence-electron chi connectivity index (χ4n) is 1.77. The fraction of sp³-hybridized carbons (Fsp3) is 0.417. The summed E-state index contributed by atoms with van der Waals surface area (Å²) in [6.07, 6.45) is 1.90. The highest BCUT2D eigenvalue weighted by atomic mass is 16.5. The summed E-state index contributed by atoms with van der Waals surface area (Å²) < 4.78 is 7.13. The summed E-state index contributed by atoms with van der Waals surface area (Å²) in [6, 6.07) is 3.78. The smallest absolute Gasteiger partial charge is 0.181 e. The highest BCUT2D eigenvalue weighted by Gasteiger charge is 2.23. The third-order valence-corrected chi connectivity index (χ3v) is 2.58. The van der Waals surface area contributed by atoms with Crippen molar-refractivity contribution in [1.29, 1.82) is 0 Å². The number of hydrogen-bond donors (Lipinski definition) is 1. The van der Waals surface area contributed by atoms with Gasteiger partial charge in [-0.3, -0.25) is 4.40 Å². The highest BCUT2D eigenvalue weighted by molar-refractivity contribution is 5.62. The normalized spacial score (nSPS) is 12.0. The minimum atomic E-state index is -0.0683. The predicted octanol–water partition coefficient (Wildman–Crippen LogP) is 2.22. The molecule has 2 heterocycles. The van der Waals surface area contributed by atoms with Crippen molar-refractivity contribution in [3.8, 4) is 5.75 Å². The molecule has 0 radical (unpaired) electrons. The quantitative estimate of drug-likeness (QED) is 0.800. The zero-order valence-electron chi connectivity index (χ0n) is 10.1. The van der Waals surface area contributed by atoms with E-state index in [1.807, 2.05) is 22.7 Å². The molecule has 2 aromatic heterocycles. The molecule has 0 unspecified atom stereocenters. The van der Waals surface area contributed by atoms with Crippen molar-refractivity contribution in [2.45, 2.75) is 26.2 Å². The largest absolute Gasteiger partial charge is 0.493 e. The maximum absolute atomic E-state index is 6.09. The molecule has 16 heavy (non-hydrogen) atoms. The first-order valence-electron chi connectivity index (χ1n) is 5.26. The van der Waals surface area contributed by atoms with E-state index < -0.39 is 0 Å². The lowest BCUT2D eigenvalue weighted by molar-refractivity contribution is 0.417. The molecule has 0 spiro atoms. The Balaban J connectivity index is 2.77. The van der Waals surface area contributed by atoms with Crippen molar-refractivity contribution >= 4 is 11.5 Å². The van der Waals surface area contributed by atoms with Gasteiger partial charge in [0.1, 0.15) is 5.82 Å². The Morgan fingerprint density at radius 2 is 2.06 bits per heavy atom. The molecule has 0 saturated carbocycles. The molecule has 2 rings (SSSR count). The fourth-order valence-corrected chi connectivity index (χ4v) is 1.77. The van der Waals surface area contributed by atoms with Crippen LogP contribution >= 0.6 is 0 Å². The number of nitrogens with zero attached hydrogens (tertiary/aromatic N) is 2. The number of anilines is 1. The average Bonchev–Trinajstić information content (AvgIpc) is 2.56. The number of aromatic nitrogens is 2. The van der Waals surface area contributed by atoms with Gasteiger partial charge in [0.2, 0.25) is 0 Å². The standard InChI is InChI=1S/C12H17N3O/c1-12(2,3)9-10(13)15-7-5-6-8(16-4)11(15)14-9/h5-7H,13H2,1-4H3. The van der Waals surface area contributed by atoms with Crippen LogP contribution in [0.25, 0.3) is 5.65 Å². The van der Waals surface area contributed by atoms with E-state index in [2.05, 4.69) is 25.8 Å². The third-order valence-electron chi connectivity index (χ3n) is 2.58. The SMILES string of the molecule is COc1cccn2c(N)c(C(C)(C)C)nc12. The Morgan fingerprint density at radius 3 is 2.62 bits per heavy atom. The van der Waals surface area contributed by atoms with Gasteiger partial charge in [0, 0.05) is 11.6 Å². The van der Waals surface area contributed by atoms with Gasteiger partial charge < -0.3 is 10.5 Å². The van der Waals surface area contributed by atoms with Crippen LogP contribution in [-0.4, -0.2) is 16.5 Å². The molecule has 0 aliphatic carbocycles. The topological polar surface area (TPSA) is 52.5 Å². The van der Waals surface area contributed by atoms with E-state index >= 15 is 0 Å². The molecule has 0 fully saturated rings. The molecule has 0 saturated heterocycles. The lowest BCUT2D eigenvalue weighted by atomic mass is 9.92. The van der Waals surface area contributed by atoms with Crippen LogP contribution in [0.3, 0.4) is 0 Å². The Bertz CT molecular complexity index is 523. The molecule has 0 aliphatic heterocycles. The predicted molar refractivity (Wildman–Crippen MR) is 64.9 cm³/mol. The monoisotopic (exact) mass is 219 g/mol. The second-order valence-corrected chi connectivity index (χ2v) is 4.87. The van der Waals surface area contributed by atoms with Gasteiger partial charge in [0.25, 0.3) is 0 Å². The van der Waals surface area contributed by atoms with Crippen LogP contribution in [0.1, 0.15) is 26.5 Å². The molecule has 0 bridgehead atoms. The Labute approximate surface area is 95.0 Å². The molecular formula is C12H17N3O. The second-order valence-electron chi connectivity index (χ2n) is 4.87. The molecule has 4 nitrogen and oxygen atoms in total. The van der Waals surface area contributed by atoms with Crippen LogP contribution in [0, 0.1) is 0 Å². The van der Waals surface area contributed by atoms with Crippen molar-refractivity contribution in [2.24, 2.45) is 0 Å². The minimum Gasteiger partial charge on any atom is -0.493 e. The number of nitrogen functional groups attached to an aromatic ring is 1. The summed E-state index contributed by atoms with van der Waals surface area (Å²) in [5.41, 5.74) is 7.70. The number of fused-ring (bicyclic) bond motifs is 1. The number of rotatable bonds is 1. The van der Waals surface area contributed by atoms with Crippen LogP contribution in [0.4, 0.5) is 5.82 Å². The van der Waals surface area contributed by atoms with Gasteiger partial charge in [-0.15, -0.1) is 0 Å². The molecule has 86 valence electrons. The van der Waals surface area contributed by atoms with Crippen molar-refractivity contribution < 1.29 is 4.74 Å². The van der Waals surface area contributed by atoms with Crippen LogP contribution in [0.2, 0.25) is 0 Å². The third kappa shape index (κ3) is 1.50. The maximum Gasteiger partial charge on any atom is 0.181 e. The average molecular weight is 219 g/mol. The van der Waals surface area contributed by atoms with Crippen molar-refractivity contribution in [3.05, 3.63) is 24.0 Å². The maximum atomic E-state index is 6.09. The Hall–Kier alpha value is -1.71. The minimum absolute atomic E-state index is 0.0683. The van der Waals surface area contributed by atoms with Crippen LogP contribution in [-0.2, 0) is 5.41 Å². The van der Waals surface area contributed by atoms with E-state index in [4.69, 9.17) is 10.5 Å². The number of pyridine rings is 1. The number of ether oxygens (including phenoxy) is 1. The van der Waals surface area contributed by atoms with Crippen molar-refractivity contribution in [3.63, 3.8) is 0 Å². The Kier molecular flexibility index (Phi) is 2.30. The Morgan fingerprint density at radius 1 is 1.38 bits per heavy atom. The van der Waals surface area contributed by atoms with E-state index in [0.717, 1.165) is 17.1 Å². The van der Waals surface area contributed by atoms with E-state index in [9.17, 15) is 0 Å². The van der Waals surface area contributed by atoms with E-state index in [1.54, 1.807) is 7.11 Å². The summed E-state index contributed by atoms with van der Waals surface area (Å²) in [5.74, 6) is 1.42. The molecular weight excluding hydrogens is 202 g/mol. The van der Waals surface area contributed by atoms with Crippen LogP contribution < -0.4 is 10.5 Å². The van der Waals surface area contributed by atoms with Gasteiger partial charge in [-0.2, -0.15) is 0 Å². The van der Waals surface area contributed by atoms with Gasteiger partial charge in [-0.1, -0.05) is 20.8 Å². The summed E-state index contributed by atoms with van der Waals surface area (Å²) in [5, 5.41) is 0. The molecule has 2 N–H and O–H groups in total. The van der Waals surface area contributed by atoms with Gasteiger partial charge in [0.05, 0.1) is 12.8 Å². The van der Waals surface area contributed by atoms with Gasteiger partial charge >= 0.3 is 0 Å². The lowest BCUT2D eigenvalue weighted by Crippen LogP contribution is -2.14. The van der Waals surface area contributed by atoms with E-state index in [1.165, 1.54) is 0 Å². The number of methoxy groups -OCH3 is 1. The van der Waals surface area contributed by atoms with E-state index in [-0.39, 0.29) is 5.41 Å². The zero-order chi connectivity index (χ0) is 11.9. The molecule has 0 amide bonds. The van der Waals surface area contributed by atoms with Gasteiger partial charge in [0.15, 0.2) is 11.4 Å². The van der Waals surface area contributed by atoms with Crippen molar-refractivity contribution in [2.75, 3.05) is 12.8 Å². The summed E-state index contributed by atoms with van der Waals surface area (Å²) in [6.45, 7) is 6.28. The first-order chi connectivity index (χ1) is 7.45. The first kappa shape index (κ1) is 10.8. The van der Waals surface area contributed by atoms with Gasteiger partial charge in [-0.25, -0.2) is 4.98 Å². The van der Waals surface area contributed by atoms with Crippen LogP contribution in [0.5, 0.6) is 5.75 Å². The second kappa shape index (κ2) is 3.40. The molecule has 0 aromatic carbocycles. The highest BCUT2D eigenvalue weighted by Crippen LogP contribution is 2.30. The number of nitrogens with two attached hydrogens (primary N) is 1. The summed E-state index contributed by atoms with van der Waals surface area (Å²) in [7, 11) is 1.64. The lowest BCUT2D eigenvalue weighted by Gasteiger charge is -2.15. The van der Waals surface area contributed by atoms with E-state index in [0.29, 0.717) is 5.82 Å². The zero-order valence-corrected chi connectivity index (χ0v) is 10.1. The molecule has 4 heteroatoms. The first-order valence-corrected chi connectivity index (χ1v) is 5.26. The number of hydrogen-bond acceptors (Lipinski definition) is 3. The molecule has 0 aliphatic rings. The summed E-state index contributed by atoms with van der Waals surface area (Å²) in [4.78, 5) is 4.57. The summed E-state index contributed by atoms with van der Waals surface area (Å²) >= 11 is 0. The molecule has 2 aromatic rings. The van der Waals surface area contributed by atoms with Gasteiger partial charge in [-0.05, 0) is 12.1 Å². The number of imidazole rings is 1. The molecule has 0 atom stereocenters. The van der Waals surface area contributed by atoms with Crippen LogP contribution in [0.15, 0.2) is 18.3 Å². The van der Waals surface area contributed by atoms with Crippen molar-refractivity contribution in [1.82, 2.24) is 9.38 Å².